The van der Waals surface area contributed by atoms with Crippen molar-refractivity contribution in [3.05, 3.63) is 0 Å². The van der Waals surface area contributed by atoms with Gasteiger partial charge in [0.2, 0.25) is 0 Å². The Bertz CT molecular complexity index is 161. The Morgan fingerprint density at radius 1 is 1.29 bits per heavy atom. The van der Waals surface area contributed by atoms with Crippen LogP contribution in [0.4, 0.5) is 0 Å². The quantitative estimate of drug-likeness (QED) is 0.565. The maximum Gasteiger partial charge on any atom is 0.106 e. The number of quaternary nitrogens is 2. The van der Waals surface area contributed by atoms with Gasteiger partial charge >= 0.3 is 0 Å². The van der Waals surface area contributed by atoms with Gasteiger partial charge in [-0.2, -0.15) is 0 Å². The summed E-state index contributed by atoms with van der Waals surface area (Å²) in [6, 6.07) is 0.878. The van der Waals surface area contributed by atoms with Crippen LogP contribution in [0.2, 0.25) is 0 Å². The molecule has 2 heterocycles. The van der Waals surface area contributed by atoms with Crippen LogP contribution in [0.25, 0.3) is 0 Å². The van der Waals surface area contributed by atoms with Gasteiger partial charge in [-0.25, -0.2) is 0 Å². The Hall–Kier alpha value is -0.120. The molecule has 3 N–H and O–H groups in total. The largest absolute Gasteiger partial charge is 0.372 e. The predicted octanol–water partition coefficient (Wildman–Crippen LogP) is -1.59. The van der Waals surface area contributed by atoms with Crippen LogP contribution < -0.4 is 10.2 Å². The Balaban J connectivity index is 1.60. The highest BCUT2D eigenvalue weighted by atomic mass is 16.5. The van der Waals surface area contributed by atoms with Gasteiger partial charge in [0.05, 0.1) is 26.2 Å². The minimum Gasteiger partial charge on any atom is -0.372 e. The van der Waals surface area contributed by atoms with E-state index in [4.69, 9.17) is 4.74 Å². The van der Waals surface area contributed by atoms with E-state index < -0.39 is 0 Å². The number of ether oxygens (including phenoxy) is 1. The Kier molecular flexibility index (Phi) is 3.79. The molecule has 2 rings (SSSR count). The third-order valence-electron chi connectivity index (χ3n) is 3.64. The van der Waals surface area contributed by atoms with Gasteiger partial charge < -0.3 is 15.0 Å². The molecule has 0 unspecified atom stereocenters. The Morgan fingerprint density at radius 3 is 2.71 bits per heavy atom. The van der Waals surface area contributed by atoms with E-state index in [0.717, 1.165) is 12.6 Å². The fraction of sp³-hybridized carbons (Fsp3) is 1.00. The molecule has 0 bridgehead atoms. The van der Waals surface area contributed by atoms with Crippen molar-refractivity contribution in [3.8, 4) is 0 Å². The van der Waals surface area contributed by atoms with Gasteiger partial charge in [0.25, 0.3) is 0 Å². The van der Waals surface area contributed by atoms with Gasteiger partial charge in [-0.1, -0.05) is 0 Å². The predicted molar refractivity (Wildman–Crippen MR) is 55.4 cm³/mol. The maximum absolute atomic E-state index is 5.63. The number of piperidine rings is 1. The average Bonchev–Trinajstić information content (AvgIpc) is 2.70. The lowest BCUT2D eigenvalue weighted by atomic mass is 10.1. The minimum atomic E-state index is 0.557. The third kappa shape index (κ3) is 2.94. The zero-order valence-electron chi connectivity index (χ0n) is 9.30. The summed E-state index contributed by atoms with van der Waals surface area (Å²) in [7, 11) is 2.30. The molecule has 0 aliphatic carbocycles. The van der Waals surface area contributed by atoms with Crippen LogP contribution in [0.1, 0.15) is 25.7 Å². The lowest BCUT2D eigenvalue weighted by molar-refractivity contribution is -0.894. The van der Waals surface area contributed by atoms with E-state index in [1.54, 1.807) is 4.90 Å². The summed E-state index contributed by atoms with van der Waals surface area (Å²) in [5.41, 5.74) is 0. The third-order valence-corrected chi connectivity index (χ3v) is 3.64. The van der Waals surface area contributed by atoms with E-state index in [1.165, 1.54) is 45.3 Å². The molecular weight excluding hydrogens is 176 g/mol. The summed E-state index contributed by atoms with van der Waals surface area (Å²) < 4.78 is 5.63. The fourth-order valence-electron chi connectivity index (χ4n) is 2.54. The van der Waals surface area contributed by atoms with Crippen LogP contribution in [0.3, 0.4) is 0 Å². The van der Waals surface area contributed by atoms with Gasteiger partial charge in [0.1, 0.15) is 12.6 Å². The first-order valence-corrected chi connectivity index (χ1v) is 6.11. The van der Waals surface area contributed by atoms with Crippen molar-refractivity contribution in [2.45, 2.75) is 37.8 Å². The van der Waals surface area contributed by atoms with E-state index in [0.29, 0.717) is 6.10 Å². The average molecular weight is 200 g/mol. The standard InChI is InChI=1S/C11H22N2O/c1-13-6-4-10(5-7-13)12-9-11-3-2-8-14-11/h10-12H,2-9H2,1H3/p+2/t11-/m1/s1. The van der Waals surface area contributed by atoms with Gasteiger partial charge in [-0.3, -0.25) is 0 Å². The number of likely N-dealkylation sites (tertiary alicyclic amines) is 1. The molecule has 3 nitrogen and oxygen atoms in total. The van der Waals surface area contributed by atoms with Crippen LogP contribution in [0, 0.1) is 0 Å². The molecule has 0 spiro atoms. The topological polar surface area (TPSA) is 30.3 Å². The molecule has 0 aromatic heterocycles. The van der Waals surface area contributed by atoms with Gasteiger partial charge in [0, 0.05) is 19.4 Å². The zero-order valence-corrected chi connectivity index (χ0v) is 9.30. The Morgan fingerprint density at radius 2 is 2.07 bits per heavy atom. The second kappa shape index (κ2) is 5.10. The van der Waals surface area contributed by atoms with Crippen molar-refractivity contribution in [2.75, 3.05) is 33.3 Å². The molecule has 2 aliphatic rings. The summed E-state index contributed by atoms with van der Waals surface area (Å²) in [4.78, 5) is 1.70. The molecular formula is C11H24N2O+2. The zero-order chi connectivity index (χ0) is 9.80. The molecule has 14 heavy (non-hydrogen) atoms. The first-order valence-electron chi connectivity index (χ1n) is 6.11. The summed E-state index contributed by atoms with van der Waals surface area (Å²) in [6.45, 7) is 4.90. The normalized spacial score (nSPS) is 38.8. The van der Waals surface area contributed by atoms with Crippen molar-refractivity contribution in [1.82, 2.24) is 0 Å². The van der Waals surface area contributed by atoms with Crippen LogP contribution in [-0.2, 0) is 4.74 Å². The Labute approximate surface area is 86.8 Å². The van der Waals surface area contributed by atoms with E-state index in [-0.39, 0.29) is 0 Å². The molecule has 82 valence electrons. The van der Waals surface area contributed by atoms with Crippen LogP contribution in [-0.4, -0.2) is 45.4 Å². The molecule has 0 aromatic rings. The molecule has 3 heteroatoms. The SMILES string of the molecule is C[NH+]1CCC([NH2+]C[C@H]2CCCO2)CC1. The fourth-order valence-corrected chi connectivity index (χ4v) is 2.54. The first-order chi connectivity index (χ1) is 6.84. The van der Waals surface area contributed by atoms with Crippen molar-refractivity contribution in [3.63, 3.8) is 0 Å². The van der Waals surface area contributed by atoms with Crippen molar-refractivity contribution >= 4 is 0 Å². The lowest BCUT2D eigenvalue weighted by Gasteiger charge is -2.25. The molecule has 2 fully saturated rings. The van der Waals surface area contributed by atoms with E-state index in [2.05, 4.69) is 12.4 Å². The molecule has 0 aromatic carbocycles. The highest BCUT2D eigenvalue weighted by Gasteiger charge is 2.24. The number of nitrogens with one attached hydrogen (secondary N) is 1. The second-order valence-electron chi connectivity index (χ2n) is 4.90. The second-order valence-corrected chi connectivity index (χ2v) is 4.90. The molecule has 2 saturated heterocycles. The van der Waals surface area contributed by atoms with E-state index in [1.807, 2.05) is 0 Å². The summed E-state index contributed by atoms with van der Waals surface area (Å²) in [6.07, 6.45) is 5.89. The molecule has 1 atom stereocenters. The van der Waals surface area contributed by atoms with Gasteiger partial charge in [-0.15, -0.1) is 0 Å². The number of rotatable bonds is 3. The number of hydrogen-bond acceptors (Lipinski definition) is 1. The monoisotopic (exact) mass is 200 g/mol. The highest BCUT2D eigenvalue weighted by Crippen LogP contribution is 2.09. The summed E-state index contributed by atoms with van der Waals surface area (Å²) in [5.74, 6) is 0. The number of nitrogens with two attached hydrogens (primary N) is 1. The number of hydrogen-bond donors (Lipinski definition) is 2. The first kappa shape index (κ1) is 10.4. The minimum absolute atomic E-state index is 0.557. The smallest absolute Gasteiger partial charge is 0.106 e. The summed E-state index contributed by atoms with van der Waals surface area (Å²) >= 11 is 0. The molecule has 0 saturated carbocycles. The van der Waals surface area contributed by atoms with Crippen LogP contribution >= 0.6 is 0 Å². The van der Waals surface area contributed by atoms with Crippen molar-refractivity contribution in [2.24, 2.45) is 0 Å². The van der Waals surface area contributed by atoms with Gasteiger partial charge in [0.15, 0.2) is 0 Å². The molecule has 0 radical (unpaired) electrons. The van der Waals surface area contributed by atoms with Crippen LogP contribution in [0.5, 0.6) is 0 Å². The highest BCUT2D eigenvalue weighted by molar-refractivity contribution is 4.63. The van der Waals surface area contributed by atoms with Crippen LogP contribution in [0.15, 0.2) is 0 Å². The van der Waals surface area contributed by atoms with Crippen molar-refractivity contribution in [1.29, 1.82) is 0 Å². The lowest BCUT2D eigenvalue weighted by Crippen LogP contribution is -3.12. The molecule has 2 aliphatic heterocycles. The van der Waals surface area contributed by atoms with Crippen molar-refractivity contribution < 1.29 is 15.0 Å². The maximum atomic E-state index is 5.63. The van der Waals surface area contributed by atoms with E-state index in [9.17, 15) is 0 Å². The van der Waals surface area contributed by atoms with Gasteiger partial charge in [-0.05, 0) is 12.8 Å². The van der Waals surface area contributed by atoms with E-state index >= 15 is 0 Å². The summed E-state index contributed by atoms with van der Waals surface area (Å²) in [5, 5.41) is 2.53. The molecule has 0 amide bonds.